The lowest BCUT2D eigenvalue weighted by Gasteiger charge is -2.45. The molecule has 3 amide bonds. The summed E-state index contributed by atoms with van der Waals surface area (Å²) in [6.07, 6.45) is 5.23. The normalized spacial score (nSPS) is 33.6. The van der Waals surface area contributed by atoms with Gasteiger partial charge in [0.2, 0.25) is 17.7 Å². The number of fused-ring (bicyclic) bond motifs is 2. The predicted octanol–water partition coefficient (Wildman–Crippen LogP) is 0.509. The zero-order valence-corrected chi connectivity index (χ0v) is 17.4. The van der Waals surface area contributed by atoms with Gasteiger partial charge in [0.05, 0.1) is 12.0 Å². The fourth-order valence-electron chi connectivity index (χ4n) is 5.59. The molecule has 2 saturated heterocycles. The Hall–Kier alpha value is -2.38. The van der Waals surface area contributed by atoms with Gasteiger partial charge in [0.1, 0.15) is 11.6 Å². The molecule has 0 aromatic carbocycles. The minimum Gasteiger partial charge on any atom is -0.340 e. The minimum absolute atomic E-state index is 0.00346. The average molecular weight is 399 g/mol. The highest BCUT2D eigenvalue weighted by Gasteiger charge is 2.55. The van der Waals surface area contributed by atoms with Gasteiger partial charge in [0.15, 0.2) is 0 Å². The molecule has 1 spiro atoms. The van der Waals surface area contributed by atoms with E-state index in [1.54, 1.807) is 11.9 Å². The molecule has 4 atom stereocenters. The number of rotatable bonds is 2. The Kier molecular flexibility index (Phi) is 4.05. The molecule has 29 heavy (non-hydrogen) atoms. The van der Waals surface area contributed by atoms with Crippen molar-refractivity contribution in [2.45, 2.75) is 50.6 Å². The maximum atomic E-state index is 13.6. The third kappa shape index (κ3) is 2.64. The number of aryl methyl sites for hydroxylation is 1. The van der Waals surface area contributed by atoms with E-state index in [0.717, 1.165) is 24.2 Å². The first-order chi connectivity index (χ1) is 13.8. The highest BCUT2D eigenvalue weighted by Crippen LogP contribution is 2.46. The van der Waals surface area contributed by atoms with Crippen LogP contribution in [0.15, 0.2) is 6.33 Å². The van der Waals surface area contributed by atoms with Crippen molar-refractivity contribution in [2.75, 3.05) is 26.7 Å². The summed E-state index contributed by atoms with van der Waals surface area (Å²) in [5, 5.41) is 0. The van der Waals surface area contributed by atoms with Crippen LogP contribution in [0.1, 0.15) is 44.0 Å². The van der Waals surface area contributed by atoms with Gasteiger partial charge < -0.3 is 19.3 Å². The van der Waals surface area contributed by atoms with Crippen molar-refractivity contribution in [1.29, 1.82) is 0 Å². The van der Waals surface area contributed by atoms with Crippen molar-refractivity contribution in [1.82, 2.24) is 24.3 Å². The second kappa shape index (κ2) is 6.31. The highest BCUT2D eigenvalue weighted by molar-refractivity contribution is 5.91. The molecule has 1 aliphatic carbocycles. The first-order valence-corrected chi connectivity index (χ1v) is 10.7. The zero-order valence-electron chi connectivity index (χ0n) is 17.4. The molecule has 4 heterocycles. The number of likely N-dealkylation sites (N-methyl/N-ethyl adjacent to an activating group) is 1. The third-order valence-electron chi connectivity index (χ3n) is 7.62. The third-order valence-corrected chi connectivity index (χ3v) is 7.62. The number of carbonyl (C=O) groups excluding carboxylic acids is 3. The fraction of sp³-hybridized carbons (Fsp3) is 0.714. The first kappa shape index (κ1) is 18.6. The van der Waals surface area contributed by atoms with Crippen molar-refractivity contribution >= 4 is 17.7 Å². The number of carbonyl (C=O) groups is 3. The summed E-state index contributed by atoms with van der Waals surface area (Å²) < 4.78 is 2.04. The lowest BCUT2D eigenvalue weighted by Crippen LogP contribution is -2.59. The van der Waals surface area contributed by atoms with Crippen LogP contribution in [-0.2, 0) is 33.4 Å². The highest BCUT2D eigenvalue weighted by atomic mass is 16.2. The number of amides is 3. The summed E-state index contributed by atoms with van der Waals surface area (Å²) in [4.78, 5) is 48.8. The number of imidazole rings is 1. The number of likely N-dealkylation sites (tertiary alicyclic amines) is 2. The molecule has 1 saturated carbocycles. The molecule has 3 fully saturated rings. The number of aromatic nitrogens is 2. The van der Waals surface area contributed by atoms with E-state index in [1.807, 2.05) is 27.7 Å². The van der Waals surface area contributed by atoms with Gasteiger partial charge in [-0.3, -0.25) is 14.4 Å². The standard InChI is InChI=1S/C21H29N5O3/c1-13-10-14(13)19(28)25-9-7-21(11-25)18-15(23(2)12-22-18)6-8-26(21)20(29)16-4-5-17(27)24(16)3/h12-14,16H,4-11H2,1-3H3/t13-,14-,16-,21?/m1/s1. The van der Waals surface area contributed by atoms with Gasteiger partial charge in [-0.1, -0.05) is 6.92 Å². The molecular formula is C21H29N5O3. The summed E-state index contributed by atoms with van der Waals surface area (Å²) in [7, 11) is 3.71. The lowest BCUT2D eigenvalue weighted by atomic mass is 9.85. The maximum absolute atomic E-state index is 13.6. The van der Waals surface area contributed by atoms with E-state index in [2.05, 4.69) is 6.92 Å². The Morgan fingerprint density at radius 1 is 1.17 bits per heavy atom. The van der Waals surface area contributed by atoms with Crippen molar-refractivity contribution in [2.24, 2.45) is 18.9 Å². The first-order valence-electron chi connectivity index (χ1n) is 10.7. The predicted molar refractivity (Wildman–Crippen MR) is 105 cm³/mol. The maximum Gasteiger partial charge on any atom is 0.246 e. The number of hydrogen-bond donors (Lipinski definition) is 0. The van der Waals surface area contributed by atoms with E-state index in [0.29, 0.717) is 44.8 Å². The summed E-state index contributed by atoms with van der Waals surface area (Å²) >= 11 is 0. The zero-order chi connectivity index (χ0) is 20.5. The fourth-order valence-corrected chi connectivity index (χ4v) is 5.59. The molecule has 4 aliphatic rings. The van der Waals surface area contributed by atoms with Crippen molar-refractivity contribution < 1.29 is 14.4 Å². The topological polar surface area (TPSA) is 78.8 Å². The Morgan fingerprint density at radius 2 is 1.93 bits per heavy atom. The largest absolute Gasteiger partial charge is 0.340 e. The van der Waals surface area contributed by atoms with E-state index in [-0.39, 0.29) is 23.6 Å². The van der Waals surface area contributed by atoms with Gasteiger partial charge in [-0.05, 0) is 25.2 Å². The molecule has 1 unspecified atom stereocenters. The molecule has 8 heteroatoms. The van der Waals surface area contributed by atoms with Crippen LogP contribution < -0.4 is 0 Å². The Labute approximate surface area is 170 Å². The summed E-state index contributed by atoms with van der Waals surface area (Å²) in [6.45, 7) is 3.89. The Bertz CT molecular complexity index is 895. The Balaban J connectivity index is 1.49. The monoisotopic (exact) mass is 399 g/mol. The van der Waals surface area contributed by atoms with Gasteiger partial charge >= 0.3 is 0 Å². The number of hydrogen-bond acceptors (Lipinski definition) is 4. The van der Waals surface area contributed by atoms with Crippen LogP contribution in [0.2, 0.25) is 0 Å². The summed E-state index contributed by atoms with van der Waals surface area (Å²) in [6, 6.07) is -0.405. The van der Waals surface area contributed by atoms with Gasteiger partial charge in [0.25, 0.3) is 0 Å². The minimum atomic E-state index is -0.577. The van der Waals surface area contributed by atoms with Gasteiger partial charge in [0, 0.05) is 58.2 Å². The molecule has 5 rings (SSSR count). The van der Waals surface area contributed by atoms with Crippen LogP contribution in [0.4, 0.5) is 0 Å². The SMILES string of the molecule is C[C@@H]1C[C@H]1C(=O)N1CCC2(C1)c1ncn(C)c1CCN2C(=O)[C@H]1CCC(=O)N1C. The second-order valence-electron chi connectivity index (χ2n) is 9.31. The summed E-state index contributed by atoms with van der Waals surface area (Å²) in [5.74, 6) is 0.854. The van der Waals surface area contributed by atoms with Crippen molar-refractivity contribution in [3.05, 3.63) is 17.7 Å². The molecule has 156 valence electrons. The molecule has 8 nitrogen and oxygen atoms in total. The molecule has 1 aromatic rings. The lowest BCUT2D eigenvalue weighted by molar-refractivity contribution is -0.147. The molecular weight excluding hydrogens is 370 g/mol. The molecule has 0 radical (unpaired) electrons. The van der Waals surface area contributed by atoms with E-state index in [4.69, 9.17) is 4.98 Å². The molecule has 1 aromatic heterocycles. The van der Waals surface area contributed by atoms with Crippen molar-refractivity contribution in [3.63, 3.8) is 0 Å². The summed E-state index contributed by atoms with van der Waals surface area (Å²) in [5.41, 5.74) is 1.51. The quantitative estimate of drug-likeness (QED) is 0.726. The molecule has 0 bridgehead atoms. The number of nitrogens with zero attached hydrogens (tertiary/aromatic N) is 5. The van der Waals surface area contributed by atoms with E-state index >= 15 is 0 Å². The second-order valence-corrected chi connectivity index (χ2v) is 9.31. The van der Waals surface area contributed by atoms with Crippen LogP contribution in [0.5, 0.6) is 0 Å². The molecule has 3 aliphatic heterocycles. The van der Waals surface area contributed by atoms with Gasteiger partial charge in [-0.25, -0.2) is 4.98 Å². The van der Waals surface area contributed by atoms with Crippen LogP contribution >= 0.6 is 0 Å². The Morgan fingerprint density at radius 3 is 2.59 bits per heavy atom. The van der Waals surface area contributed by atoms with E-state index in [9.17, 15) is 14.4 Å². The van der Waals surface area contributed by atoms with Crippen LogP contribution in [-0.4, -0.2) is 74.7 Å². The van der Waals surface area contributed by atoms with Crippen molar-refractivity contribution in [3.8, 4) is 0 Å². The molecule has 0 N–H and O–H groups in total. The van der Waals surface area contributed by atoms with E-state index < -0.39 is 11.6 Å². The van der Waals surface area contributed by atoms with Crippen LogP contribution in [0.3, 0.4) is 0 Å². The smallest absolute Gasteiger partial charge is 0.246 e. The van der Waals surface area contributed by atoms with Gasteiger partial charge in [-0.2, -0.15) is 0 Å². The van der Waals surface area contributed by atoms with E-state index in [1.165, 1.54) is 0 Å². The van der Waals surface area contributed by atoms with Crippen LogP contribution in [0, 0.1) is 11.8 Å². The van der Waals surface area contributed by atoms with Crippen LogP contribution in [0.25, 0.3) is 0 Å². The average Bonchev–Trinajstić information content (AvgIpc) is 3.00. The van der Waals surface area contributed by atoms with Gasteiger partial charge in [-0.15, -0.1) is 0 Å².